The smallest absolute Gasteiger partial charge is 0.368 e. The summed E-state index contributed by atoms with van der Waals surface area (Å²) in [6, 6.07) is 4.47. The highest BCUT2D eigenvalue weighted by Gasteiger charge is 2.38. The Morgan fingerprint density at radius 3 is 2.66 bits per heavy atom. The fourth-order valence-electron chi connectivity index (χ4n) is 2.88. The van der Waals surface area contributed by atoms with Crippen LogP contribution >= 0.6 is 0 Å². The molecule has 3 aromatic heterocycles. The van der Waals surface area contributed by atoms with Crippen LogP contribution in [-0.4, -0.2) is 34.5 Å². The molecule has 0 atom stereocenters. The van der Waals surface area contributed by atoms with Crippen molar-refractivity contribution in [3.63, 3.8) is 0 Å². The summed E-state index contributed by atoms with van der Waals surface area (Å²) in [6.07, 6.45) is -0.235. The average Bonchev–Trinajstić information content (AvgIpc) is 3.31. The summed E-state index contributed by atoms with van der Waals surface area (Å²) in [5.41, 5.74) is 3.86. The lowest BCUT2D eigenvalue weighted by Gasteiger charge is -2.10. The minimum atomic E-state index is -4.87. The molecule has 148 valence electrons. The van der Waals surface area contributed by atoms with E-state index in [2.05, 4.69) is 20.2 Å². The van der Waals surface area contributed by atoms with Crippen LogP contribution in [0.2, 0.25) is 0 Å². The van der Waals surface area contributed by atoms with Gasteiger partial charge in [-0.1, -0.05) is 6.07 Å². The fourth-order valence-corrected chi connectivity index (χ4v) is 2.88. The molecule has 13 heteroatoms. The molecule has 29 heavy (non-hydrogen) atoms. The van der Waals surface area contributed by atoms with E-state index >= 15 is 0 Å². The third kappa shape index (κ3) is 3.33. The molecule has 3 heterocycles. The van der Waals surface area contributed by atoms with Gasteiger partial charge in [-0.3, -0.25) is 10.1 Å². The molecule has 10 nitrogen and oxygen atoms in total. The predicted molar refractivity (Wildman–Crippen MR) is 94.1 cm³/mol. The normalized spacial score (nSPS) is 11.8. The first-order valence-electron chi connectivity index (χ1n) is 8.07. The number of hydrogen-bond donors (Lipinski definition) is 1. The highest BCUT2D eigenvalue weighted by Crippen LogP contribution is 2.36. The van der Waals surface area contributed by atoms with Gasteiger partial charge in [-0.2, -0.15) is 33.3 Å². The van der Waals surface area contributed by atoms with Gasteiger partial charge in [-0.05, 0) is 17.7 Å². The Morgan fingerprint density at radius 2 is 2.00 bits per heavy atom. The number of benzene rings is 1. The third-order valence-corrected chi connectivity index (χ3v) is 4.11. The molecule has 0 aliphatic carbocycles. The molecule has 0 spiro atoms. The van der Waals surface area contributed by atoms with E-state index in [4.69, 9.17) is 5.73 Å². The van der Waals surface area contributed by atoms with Gasteiger partial charge in [0, 0.05) is 18.5 Å². The van der Waals surface area contributed by atoms with Gasteiger partial charge < -0.3 is 5.73 Å². The molecule has 0 saturated heterocycles. The molecule has 0 aliphatic heterocycles. The first-order chi connectivity index (χ1) is 13.7. The predicted octanol–water partition coefficient (Wildman–Crippen LogP) is 2.57. The average molecular weight is 404 g/mol. The van der Waals surface area contributed by atoms with E-state index in [0.717, 1.165) is 12.1 Å². The minimum absolute atomic E-state index is 0.0653. The molecule has 0 aliphatic rings. The van der Waals surface area contributed by atoms with Gasteiger partial charge in [0.2, 0.25) is 5.95 Å². The van der Waals surface area contributed by atoms with E-state index in [1.165, 1.54) is 21.6 Å². The number of fused-ring (bicyclic) bond motifs is 1. The Morgan fingerprint density at radius 1 is 1.21 bits per heavy atom. The summed E-state index contributed by atoms with van der Waals surface area (Å²) < 4.78 is 42.4. The lowest BCUT2D eigenvalue weighted by Crippen LogP contribution is -2.11. The topological polar surface area (TPSA) is 131 Å². The third-order valence-electron chi connectivity index (χ3n) is 4.11. The first-order valence-corrected chi connectivity index (χ1v) is 8.07. The molecule has 0 radical (unpaired) electrons. The van der Waals surface area contributed by atoms with Crippen LogP contribution < -0.4 is 5.73 Å². The number of anilines is 1. The van der Waals surface area contributed by atoms with Crippen molar-refractivity contribution >= 4 is 22.7 Å². The second-order valence-corrected chi connectivity index (χ2v) is 6.00. The van der Waals surface area contributed by atoms with E-state index in [-0.39, 0.29) is 23.7 Å². The highest BCUT2D eigenvalue weighted by molar-refractivity contribution is 5.83. The van der Waals surface area contributed by atoms with Crippen molar-refractivity contribution in [1.82, 2.24) is 29.5 Å². The van der Waals surface area contributed by atoms with E-state index in [1.54, 1.807) is 18.5 Å². The van der Waals surface area contributed by atoms with Gasteiger partial charge in [-0.15, -0.1) is 0 Å². The first kappa shape index (κ1) is 18.3. The molecule has 1 aromatic carbocycles. The number of halogens is 3. The largest absolute Gasteiger partial charge is 0.423 e. The van der Waals surface area contributed by atoms with Gasteiger partial charge in [0.25, 0.3) is 5.69 Å². The number of nitrogens with zero attached hydrogens (tertiary/aromatic N) is 7. The number of nitrogens with two attached hydrogens (primary N) is 1. The van der Waals surface area contributed by atoms with Gasteiger partial charge >= 0.3 is 6.18 Å². The van der Waals surface area contributed by atoms with Crippen molar-refractivity contribution in [3.05, 3.63) is 64.1 Å². The zero-order valence-corrected chi connectivity index (χ0v) is 14.4. The molecule has 0 bridgehead atoms. The van der Waals surface area contributed by atoms with E-state index in [9.17, 15) is 23.3 Å². The minimum Gasteiger partial charge on any atom is -0.368 e. The highest BCUT2D eigenvalue weighted by atomic mass is 19.4. The Hall–Kier alpha value is -4.03. The van der Waals surface area contributed by atoms with Crippen molar-refractivity contribution in [2.45, 2.75) is 12.7 Å². The molecule has 0 saturated carbocycles. The second kappa shape index (κ2) is 6.54. The SMILES string of the molecule is Nc1nc(-n2cccn2)c2cnn(Cc3ccc([N+](=O)[O-])c(C(F)(F)F)c3)c2n1. The van der Waals surface area contributed by atoms with Gasteiger partial charge in [0.05, 0.1) is 23.1 Å². The second-order valence-electron chi connectivity index (χ2n) is 6.00. The van der Waals surface area contributed by atoms with Gasteiger partial charge in [0.1, 0.15) is 5.56 Å². The zero-order valence-electron chi connectivity index (χ0n) is 14.4. The van der Waals surface area contributed by atoms with Crippen LogP contribution in [0.1, 0.15) is 11.1 Å². The maximum absolute atomic E-state index is 13.2. The van der Waals surface area contributed by atoms with Crippen LogP contribution in [0.25, 0.3) is 16.9 Å². The summed E-state index contributed by atoms with van der Waals surface area (Å²) in [4.78, 5) is 18.1. The number of rotatable bonds is 4. The molecule has 4 aromatic rings. The number of nitrogen functional groups attached to an aromatic ring is 1. The summed E-state index contributed by atoms with van der Waals surface area (Å²) >= 11 is 0. The Labute approximate surface area is 159 Å². The fraction of sp³-hybridized carbons (Fsp3) is 0.125. The Balaban J connectivity index is 1.79. The summed E-state index contributed by atoms with van der Waals surface area (Å²) in [6.45, 7) is -0.112. The molecule has 0 fully saturated rings. The van der Waals surface area contributed by atoms with E-state index < -0.39 is 22.4 Å². The molecule has 0 unspecified atom stereocenters. The zero-order chi connectivity index (χ0) is 20.8. The number of nitro benzene ring substituents is 1. The van der Waals surface area contributed by atoms with Gasteiger partial charge in [0.15, 0.2) is 11.5 Å². The van der Waals surface area contributed by atoms with Crippen LogP contribution in [0.5, 0.6) is 0 Å². The van der Waals surface area contributed by atoms with Crippen LogP contribution in [0, 0.1) is 10.1 Å². The summed E-state index contributed by atoms with van der Waals surface area (Å²) in [7, 11) is 0. The number of alkyl halides is 3. The van der Waals surface area contributed by atoms with Gasteiger partial charge in [-0.25, -0.2) is 9.36 Å². The number of aromatic nitrogens is 6. The van der Waals surface area contributed by atoms with Crippen LogP contribution in [0.4, 0.5) is 24.8 Å². The van der Waals surface area contributed by atoms with Crippen LogP contribution in [0.15, 0.2) is 42.9 Å². The quantitative estimate of drug-likeness (QED) is 0.408. The van der Waals surface area contributed by atoms with E-state index in [0.29, 0.717) is 11.2 Å². The van der Waals surface area contributed by atoms with Crippen molar-refractivity contribution in [3.8, 4) is 5.82 Å². The molecule has 4 rings (SSSR count). The van der Waals surface area contributed by atoms with Crippen molar-refractivity contribution in [1.29, 1.82) is 0 Å². The number of nitro groups is 1. The Kier molecular flexibility index (Phi) is 4.14. The lowest BCUT2D eigenvalue weighted by molar-refractivity contribution is -0.388. The summed E-state index contributed by atoms with van der Waals surface area (Å²) in [5.74, 6) is 0.299. The van der Waals surface area contributed by atoms with E-state index in [1.807, 2.05) is 0 Å². The number of hydrogen-bond acceptors (Lipinski definition) is 7. The standard InChI is InChI=1S/C16H11F3N8O2/c17-16(18,19)11-6-9(2-3-12(11)27(28)29)8-26-14-10(7-22-26)13(23-15(20)24-14)25-5-1-4-21-25/h1-7H,8H2,(H2,20,23,24). The maximum atomic E-state index is 13.2. The van der Waals surface area contributed by atoms with Crippen LogP contribution in [0.3, 0.4) is 0 Å². The van der Waals surface area contributed by atoms with Crippen LogP contribution in [-0.2, 0) is 12.7 Å². The molecule has 0 amide bonds. The summed E-state index contributed by atoms with van der Waals surface area (Å²) in [5, 5.41) is 19.6. The maximum Gasteiger partial charge on any atom is 0.423 e. The van der Waals surface area contributed by atoms with Crippen molar-refractivity contribution in [2.75, 3.05) is 5.73 Å². The molecular weight excluding hydrogens is 393 g/mol. The monoisotopic (exact) mass is 404 g/mol. The molecule has 2 N–H and O–H groups in total. The lowest BCUT2D eigenvalue weighted by atomic mass is 10.1. The van der Waals surface area contributed by atoms with Crippen molar-refractivity contribution in [2.24, 2.45) is 0 Å². The van der Waals surface area contributed by atoms with Crippen molar-refractivity contribution < 1.29 is 18.1 Å². The molecular formula is C16H11F3N8O2. The Bertz CT molecular complexity index is 1220.